The molecule has 3 N–H and O–H groups in total. The molecule has 0 unspecified atom stereocenters. The molecule has 0 spiro atoms. The molecule has 0 aromatic heterocycles. The smallest absolute Gasteiger partial charge is 0.330 e. The van der Waals surface area contributed by atoms with Gasteiger partial charge in [0.05, 0.1) is 6.20 Å². The number of aliphatic hydroxyl groups is 1. The van der Waals surface area contributed by atoms with Crippen LogP contribution in [0.15, 0.2) is 60.6 Å². The van der Waals surface area contributed by atoms with Gasteiger partial charge in [-0.1, -0.05) is 36.4 Å². The number of ether oxygens (including phenoxy) is 1. The van der Waals surface area contributed by atoms with Crippen LogP contribution in [-0.2, 0) is 28.0 Å². The van der Waals surface area contributed by atoms with Crippen molar-refractivity contribution in [3.05, 3.63) is 71.7 Å². The summed E-state index contributed by atoms with van der Waals surface area (Å²) >= 11 is 0. The van der Waals surface area contributed by atoms with Crippen LogP contribution in [0.5, 0.6) is 5.75 Å². The molecule has 0 bridgehead atoms. The minimum absolute atomic E-state index is 0.0782. The van der Waals surface area contributed by atoms with E-state index >= 15 is 0 Å². The van der Waals surface area contributed by atoms with E-state index in [4.69, 9.17) is 4.74 Å². The van der Waals surface area contributed by atoms with Gasteiger partial charge >= 0.3 is 10.2 Å². The number of hydrogen-bond donors (Lipinski definition) is 3. The summed E-state index contributed by atoms with van der Waals surface area (Å²) in [5, 5.41) is 12.3. The summed E-state index contributed by atoms with van der Waals surface area (Å²) in [4.78, 5) is 11.0. The third kappa shape index (κ3) is 5.41. The van der Waals surface area contributed by atoms with Crippen LogP contribution in [0, 0.1) is 0 Å². The van der Waals surface area contributed by atoms with Crippen LogP contribution in [-0.4, -0.2) is 26.0 Å². The van der Waals surface area contributed by atoms with Crippen molar-refractivity contribution in [2.45, 2.75) is 26.4 Å². The third-order valence-electron chi connectivity index (χ3n) is 4.25. The number of benzene rings is 2. The number of rotatable bonds is 8. The molecule has 0 fully saturated rings. The van der Waals surface area contributed by atoms with Crippen molar-refractivity contribution in [2.24, 2.45) is 0 Å². The summed E-state index contributed by atoms with van der Waals surface area (Å²) in [5.41, 5.74) is 2.18. The van der Waals surface area contributed by atoms with E-state index in [0.29, 0.717) is 24.4 Å². The van der Waals surface area contributed by atoms with E-state index < -0.39 is 16.1 Å². The van der Waals surface area contributed by atoms with Crippen LogP contribution in [0.2, 0.25) is 0 Å². The highest BCUT2D eigenvalue weighted by Gasteiger charge is 2.31. The molecule has 1 aliphatic heterocycles. The summed E-state index contributed by atoms with van der Waals surface area (Å²) in [5.74, 6) is -0.161. The van der Waals surface area contributed by atoms with Gasteiger partial charge in [-0.2, -0.15) is 8.42 Å². The number of amides is 1. The Morgan fingerprint density at radius 2 is 1.93 bits per heavy atom. The maximum atomic E-state index is 12.3. The minimum atomic E-state index is -3.92. The van der Waals surface area contributed by atoms with E-state index in [1.807, 2.05) is 35.1 Å². The number of hydrogen-bond acceptors (Lipinski definition) is 5. The van der Waals surface area contributed by atoms with Gasteiger partial charge in [0.2, 0.25) is 11.8 Å². The summed E-state index contributed by atoms with van der Waals surface area (Å²) in [6.07, 6.45) is 2.52. The average Bonchev–Trinajstić information content (AvgIpc) is 2.96. The molecule has 0 aliphatic carbocycles. The minimum Gasteiger partial charge on any atom is -0.493 e. The highest BCUT2D eigenvalue weighted by atomic mass is 32.2. The molecule has 2 aromatic rings. The number of carbonyl (C=O) groups is 1. The highest BCUT2D eigenvalue weighted by Crippen LogP contribution is 2.34. The number of nitrogens with one attached hydrogen (secondary N) is 2. The van der Waals surface area contributed by atoms with Crippen molar-refractivity contribution >= 4 is 21.8 Å². The molecule has 8 nitrogen and oxygen atoms in total. The monoisotopic (exact) mass is 417 g/mol. The number of carbonyl (C=O) groups excluding carboxylic acids is 1. The number of aryl methyl sites for hydroxylation is 1. The molecule has 1 heterocycles. The van der Waals surface area contributed by atoms with Gasteiger partial charge < -0.3 is 15.2 Å². The zero-order valence-corrected chi connectivity index (χ0v) is 16.8. The predicted octanol–water partition coefficient (Wildman–Crippen LogP) is 2.35. The molecule has 1 aliphatic rings. The van der Waals surface area contributed by atoms with Gasteiger partial charge in [-0.05, 0) is 36.1 Å². The Morgan fingerprint density at radius 3 is 2.59 bits per heavy atom. The Labute approximate surface area is 170 Å². The van der Waals surface area contributed by atoms with Crippen LogP contribution in [0.4, 0.5) is 5.69 Å². The van der Waals surface area contributed by atoms with Gasteiger partial charge in [0.15, 0.2) is 0 Å². The molecule has 3 rings (SSSR count). The van der Waals surface area contributed by atoms with E-state index in [0.717, 1.165) is 28.1 Å². The Bertz CT molecular complexity index is 1010. The summed E-state index contributed by atoms with van der Waals surface area (Å²) in [7, 11) is -3.92. The first-order valence-corrected chi connectivity index (χ1v) is 10.6. The molecule has 0 saturated carbocycles. The zero-order valence-electron chi connectivity index (χ0n) is 16.0. The van der Waals surface area contributed by atoms with Crippen molar-refractivity contribution in [2.75, 3.05) is 10.8 Å². The van der Waals surface area contributed by atoms with Gasteiger partial charge in [-0.15, -0.1) is 0 Å². The van der Waals surface area contributed by atoms with E-state index in [-0.39, 0.29) is 12.5 Å². The van der Waals surface area contributed by atoms with E-state index in [1.165, 1.54) is 6.92 Å². The Morgan fingerprint density at radius 1 is 1.17 bits per heavy atom. The molecular formula is C20H23N3O5S. The van der Waals surface area contributed by atoms with Gasteiger partial charge in [-0.25, -0.2) is 9.03 Å². The standard InChI is InChI=1S/C20H23N3O5S/c1-15(24)21-11-5-8-16-9-10-18(23-13-20(25)22-29(23,26)27)19(12-16)28-14-17-6-3-2-4-7-17/h2-4,6-7,9-10,12-13,22,25H,5,8,11,14H2,1H3,(H,21,24). The van der Waals surface area contributed by atoms with E-state index in [2.05, 4.69) is 5.32 Å². The van der Waals surface area contributed by atoms with Crippen molar-refractivity contribution < 1.29 is 23.1 Å². The van der Waals surface area contributed by atoms with Gasteiger partial charge in [0, 0.05) is 13.5 Å². The zero-order chi connectivity index (χ0) is 20.9. The maximum absolute atomic E-state index is 12.3. The topological polar surface area (TPSA) is 108 Å². The summed E-state index contributed by atoms with van der Waals surface area (Å²) in [6, 6.07) is 14.8. The van der Waals surface area contributed by atoms with Crippen molar-refractivity contribution in [3.8, 4) is 5.75 Å². The molecule has 0 radical (unpaired) electrons. The third-order valence-corrected chi connectivity index (χ3v) is 5.53. The lowest BCUT2D eigenvalue weighted by Gasteiger charge is -2.19. The van der Waals surface area contributed by atoms with Crippen LogP contribution in [0.25, 0.3) is 0 Å². The fourth-order valence-electron chi connectivity index (χ4n) is 2.89. The quantitative estimate of drug-likeness (QED) is 0.572. The number of anilines is 1. The first kappa shape index (κ1) is 20.5. The van der Waals surface area contributed by atoms with Crippen molar-refractivity contribution in [1.82, 2.24) is 10.0 Å². The summed E-state index contributed by atoms with van der Waals surface area (Å²) < 4.78 is 33.4. The highest BCUT2D eigenvalue weighted by molar-refractivity contribution is 7.91. The molecule has 1 amide bonds. The lowest BCUT2D eigenvalue weighted by atomic mass is 10.1. The second-order valence-corrected chi connectivity index (χ2v) is 8.13. The van der Waals surface area contributed by atoms with Gasteiger partial charge in [-0.3, -0.25) is 4.79 Å². The van der Waals surface area contributed by atoms with Crippen LogP contribution in [0.3, 0.4) is 0 Å². The maximum Gasteiger partial charge on any atom is 0.330 e. The molecule has 0 saturated heterocycles. The van der Waals surface area contributed by atoms with E-state index in [1.54, 1.807) is 18.2 Å². The van der Waals surface area contributed by atoms with Gasteiger partial charge in [0.1, 0.15) is 18.0 Å². The largest absolute Gasteiger partial charge is 0.493 e. The van der Waals surface area contributed by atoms with Crippen LogP contribution in [0.1, 0.15) is 24.5 Å². The second-order valence-electron chi connectivity index (χ2n) is 6.58. The normalized spacial score (nSPS) is 14.8. The lowest BCUT2D eigenvalue weighted by molar-refractivity contribution is -0.118. The fourth-order valence-corrected chi connectivity index (χ4v) is 3.95. The fraction of sp³-hybridized carbons (Fsp3) is 0.250. The van der Waals surface area contributed by atoms with Crippen LogP contribution < -0.4 is 19.1 Å². The van der Waals surface area contributed by atoms with E-state index in [9.17, 15) is 18.3 Å². The molecule has 154 valence electrons. The van der Waals surface area contributed by atoms with Crippen molar-refractivity contribution in [3.63, 3.8) is 0 Å². The Balaban J connectivity index is 1.83. The lowest BCUT2D eigenvalue weighted by Crippen LogP contribution is -2.30. The van der Waals surface area contributed by atoms with Crippen LogP contribution >= 0.6 is 0 Å². The summed E-state index contributed by atoms with van der Waals surface area (Å²) in [6.45, 7) is 2.29. The first-order valence-electron chi connectivity index (χ1n) is 9.12. The Kier molecular flexibility index (Phi) is 6.28. The molecule has 0 atom stereocenters. The number of nitrogens with zero attached hydrogens (tertiary/aromatic N) is 1. The predicted molar refractivity (Wildman–Crippen MR) is 109 cm³/mol. The SMILES string of the molecule is CC(=O)NCCCc1ccc(N2C=C(O)NS2(=O)=O)c(OCc2ccccc2)c1. The number of aliphatic hydroxyl groups excluding tert-OH is 1. The molecule has 29 heavy (non-hydrogen) atoms. The van der Waals surface area contributed by atoms with Gasteiger partial charge in [0.25, 0.3) is 0 Å². The second kappa shape index (κ2) is 8.87. The molecular weight excluding hydrogens is 394 g/mol. The molecule has 9 heteroatoms. The average molecular weight is 417 g/mol. The first-order chi connectivity index (χ1) is 13.8. The van der Waals surface area contributed by atoms with Crippen molar-refractivity contribution in [1.29, 1.82) is 0 Å². The molecule has 2 aromatic carbocycles. The Hall–Kier alpha value is -3.20.